The van der Waals surface area contributed by atoms with Gasteiger partial charge in [0.2, 0.25) is 0 Å². The van der Waals surface area contributed by atoms with Crippen molar-refractivity contribution >= 4 is 29.0 Å². The molecule has 0 radical (unpaired) electrons. The number of likely N-dealkylation sites (N-methyl/N-ethyl adjacent to an activating group) is 1. The number of hydrogen-bond donors (Lipinski definition) is 2. The Hall–Kier alpha value is -2.52. The standard InChI is InChI=1S/C19H26N4O4S/c1-5-21(6-2)11-12-22-13(3)16(18(24)27-4)17(20-19(22)28)14-7-9-15(10-8-14)23(25)26/h7-10,17H,5-6,11-12H2,1-4H3,(H,20,28)/p+1/t17-/m0/s1. The van der Waals surface area contributed by atoms with Crippen LogP contribution in [0.4, 0.5) is 5.69 Å². The molecule has 0 saturated carbocycles. The summed E-state index contributed by atoms with van der Waals surface area (Å²) in [6, 6.07) is 5.58. The number of non-ortho nitro benzene ring substituents is 1. The van der Waals surface area contributed by atoms with Crippen molar-refractivity contribution in [2.75, 3.05) is 33.3 Å². The van der Waals surface area contributed by atoms with Gasteiger partial charge in [-0.05, 0) is 50.7 Å². The molecule has 0 amide bonds. The van der Waals surface area contributed by atoms with Crippen LogP contribution >= 0.6 is 12.2 Å². The number of nitro benzene ring substituents is 1. The fourth-order valence-electron chi connectivity index (χ4n) is 3.34. The van der Waals surface area contributed by atoms with Gasteiger partial charge >= 0.3 is 5.97 Å². The quantitative estimate of drug-likeness (QED) is 0.290. The minimum Gasteiger partial charge on any atom is -0.466 e. The first-order chi connectivity index (χ1) is 13.3. The second kappa shape index (κ2) is 9.61. The Kier molecular flexibility index (Phi) is 7.47. The number of esters is 1. The summed E-state index contributed by atoms with van der Waals surface area (Å²) in [7, 11) is 1.34. The molecule has 1 aromatic carbocycles. The van der Waals surface area contributed by atoms with Gasteiger partial charge in [-0.25, -0.2) is 4.79 Å². The maximum absolute atomic E-state index is 12.5. The summed E-state index contributed by atoms with van der Waals surface area (Å²) in [5, 5.41) is 14.6. The first-order valence-electron chi connectivity index (χ1n) is 9.29. The van der Waals surface area contributed by atoms with Crippen molar-refractivity contribution < 1.29 is 19.4 Å². The SMILES string of the molecule is CC[NH+](CC)CCN1C(=S)N[C@@H](c2ccc([N+](=O)[O-])cc2)C(C(=O)OC)=C1C. The van der Waals surface area contributed by atoms with Crippen LogP contribution < -0.4 is 10.2 Å². The van der Waals surface area contributed by atoms with Crippen molar-refractivity contribution in [3.8, 4) is 0 Å². The summed E-state index contributed by atoms with van der Waals surface area (Å²) in [5.41, 5.74) is 1.90. The Labute approximate surface area is 170 Å². The van der Waals surface area contributed by atoms with Crippen LogP contribution in [0.25, 0.3) is 0 Å². The second-order valence-corrected chi connectivity index (χ2v) is 6.97. The van der Waals surface area contributed by atoms with E-state index in [2.05, 4.69) is 19.2 Å². The Balaban J connectivity index is 2.38. The Morgan fingerprint density at radius 2 is 1.93 bits per heavy atom. The molecule has 152 valence electrons. The average molecular weight is 408 g/mol. The fraction of sp³-hybridized carbons (Fsp3) is 0.474. The maximum atomic E-state index is 12.5. The Morgan fingerprint density at radius 3 is 2.43 bits per heavy atom. The first kappa shape index (κ1) is 21.8. The van der Waals surface area contributed by atoms with Gasteiger partial charge in [-0.3, -0.25) is 10.1 Å². The lowest BCUT2D eigenvalue weighted by molar-refractivity contribution is -0.895. The molecule has 1 aliphatic heterocycles. The van der Waals surface area contributed by atoms with Gasteiger partial charge in [0.25, 0.3) is 5.69 Å². The lowest BCUT2D eigenvalue weighted by atomic mass is 9.95. The van der Waals surface area contributed by atoms with E-state index in [-0.39, 0.29) is 5.69 Å². The topological polar surface area (TPSA) is 89.1 Å². The van der Waals surface area contributed by atoms with E-state index in [1.165, 1.54) is 24.1 Å². The Morgan fingerprint density at radius 1 is 1.32 bits per heavy atom. The summed E-state index contributed by atoms with van der Waals surface area (Å²) >= 11 is 5.56. The fourth-order valence-corrected chi connectivity index (χ4v) is 3.68. The molecule has 0 fully saturated rings. The number of carbonyl (C=O) groups excluding carboxylic acids is 1. The molecule has 0 unspecified atom stereocenters. The number of thiocarbonyl (C=S) groups is 1. The number of ether oxygens (including phenoxy) is 1. The van der Waals surface area contributed by atoms with Gasteiger partial charge in [0.1, 0.15) is 0 Å². The normalized spacial score (nSPS) is 17.0. The summed E-state index contributed by atoms with van der Waals surface area (Å²) in [6.07, 6.45) is 0. The molecule has 0 spiro atoms. The van der Waals surface area contributed by atoms with Gasteiger partial charge in [0.15, 0.2) is 5.11 Å². The molecule has 0 aromatic heterocycles. The van der Waals surface area contributed by atoms with Crippen molar-refractivity contribution in [1.29, 1.82) is 0 Å². The number of quaternary nitrogens is 1. The van der Waals surface area contributed by atoms with E-state index in [4.69, 9.17) is 17.0 Å². The van der Waals surface area contributed by atoms with Crippen molar-refractivity contribution in [1.82, 2.24) is 10.2 Å². The minimum absolute atomic E-state index is 0.00807. The van der Waals surface area contributed by atoms with E-state index < -0.39 is 16.9 Å². The summed E-state index contributed by atoms with van der Waals surface area (Å²) in [6.45, 7) is 9.74. The number of nitrogens with zero attached hydrogens (tertiary/aromatic N) is 2. The van der Waals surface area contributed by atoms with Gasteiger partial charge in [-0.2, -0.15) is 0 Å². The molecule has 1 heterocycles. The van der Waals surface area contributed by atoms with Crippen LogP contribution in [0.5, 0.6) is 0 Å². The molecule has 1 aliphatic rings. The highest BCUT2D eigenvalue weighted by Crippen LogP contribution is 2.31. The molecule has 9 heteroatoms. The van der Waals surface area contributed by atoms with E-state index in [1.54, 1.807) is 12.1 Å². The van der Waals surface area contributed by atoms with E-state index in [0.29, 0.717) is 22.8 Å². The number of nitrogens with one attached hydrogen (secondary N) is 2. The molecule has 1 atom stereocenters. The molecule has 2 N–H and O–H groups in total. The molecule has 0 aliphatic carbocycles. The van der Waals surface area contributed by atoms with Gasteiger partial charge in [0, 0.05) is 17.8 Å². The highest BCUT2D eigenvalue weighted by atomic mass is 32.1. The van der Waals surface area contributed by atoms with E-state index in [9.17, 15) is 14.9 Å². The van der Waals surface area contributed by atoms with Crippen LogP contribution in [0.1, 0.15) is 32.4 Å². The van der Waals surface area contributed by atoms with Crippen LogP contribution in [-0.4, -0.2) is 54.2 Å². The zero-order valence-corrected chi connectivity index (χ0v) is 17.5. The zero-order valence-electron chi connectivity index (χ0n) is 16.7. The first-order valence-corrected chi connectivity index (χ1v) is 9.69. The van der Waals surface area contributed by atoms with Gasteiger partial charge in [-0.15, -0.1) is 0 Å². The molecule has 2 rings (SSSR count). The number of nitro groups is 1. The van der Waals surface area contributed by atoms with E-state index in [0.717, 1.165) is 25.3 Å². The number of allylic oxidation sites excluding steroid dienone is 1. The molecule has 1 aromatic rings. The third-order valence-electron chi connectivity index (χ3n) is 5.13. The smallest absolute Gasteiger partial charge is 0.337 e. The van der Waals surface area contributed by atoms with Crippen molar-refractivity contribution in [3.63, 3.8) is 0 Å². The molecule has 0 saturated heterocycles. The molecule has 8 nitrogen and oxygen atoms in total. The zero-order chi connectivity index (χ0) is 20.8. The summed E-state index contributed by atoms with van der Waals surface area (Å²) < 4.78 is 5.01. The molecular weight excluding hydrogens is 380 g/mol. The highest BCUT2D eigenvalue weighted by molar-refractivity contribution is 7.80. The predicted octanol–water partition coefficient (Wildman–Crippen LogP) is 1.20. The molecule has 0 bridgehead atoms. The number of hydrogen-bond acceptors (Lipinski definition) is 5. The van der Waals surface area contributed by atoms with Crippen molar-refractivity contribution in [2.45, 2.75) is 26.8 Å². The second-order valence-electron chi connectivity index (χ2n) is 6.58. The predicted molar refractivity (Wildman–Crippen MR) is 110 cm³/mol. The number of benzene rings is 1. The van der Waals surface area contributed by atoms with Crippen LogP contribution in [0.2, 0.25) is 0 Å². The lowest BCUT2D eigenvalue weighted by Crippen LogP contribution is -3.12. The third kappa shape index (κ3) is 4.66. The van der Waals surface area contributed by atoms with Crippen LogP contribution in [0.3, 0.4) is 0 Å². The number of rotatable bonds is 8. The number of methoxy groups -OCH3 is 1. The monoisotopic (exact) mass is 407 g/mol. The number of carbonyl (C=O) groups is 1. The third-order valence-corrected chi connectivity index (χ3v) is 5.47. The minimum atomic E-state index is -0.516. The van der Waals surface area contributed by atoms with Crippen LogP contribution in [-0.2, 0) is 9.53 Å². The molecular formula is C19H27N4O4S+. The van der Waals surface area contributed by atoms with Gasteiger partial charge < -0.3 is 19.9 Å². The largest absolute Gasteiger partial charge is 0.466 e. The van der Waals surface area contributed by atoms with Gasteiger partial charge in [0.05, 0.1) is 49.8 Å². The van der Waals surface area contributed by atoms with E-state index in [1.807, 2.05) is 11.8 Å². The van der Waals surface area contributed by atoms with Crippen molar-refractivity contribution in [2.24, 2.45) is 0 Å². The summed E-state index contributed by atoms with van der Waals surface area (Å²) in [5.74, 6) is -0.448. The summed E-state index contributed by atoms with van der Waals surface area (Å²) in [4.78, 5) is 26.4. The highest BCUT2D eigenvalue weighted by Gasteiger charge is 2.34. The van der Waals surface area contributed by atoms with Crippen LogP contribution in [0.15, 0.2) is 35.5 Å². The van der Waals surface area contributed by atoms with Crippen LogP contribution in [0, 0.1) is 10.1 Å². The van der Waals surface area contributed by atoms with Gasteiger partial charge in [-0.1, -0.05) is 0 Å². The average Bonchev–Trinajstić information content (AvgIpc) is 2.69. The lowest BCUT2D eigenvalue weighted by Gasteiger charge is -2.37. The Bertz CT molecular complexity index is 775. The van der Waals surface area contributed by atoms with Crippen molar-refractivity contribution in [3.05, 3.63) is 51.2 Å². The van der Waals surface area contributed by atoms with E-state index >= 15 is 0 Å². The molecule has 28 heavy (non-hydrogen) atoms. The maximum Gasteiger partial charge on any atom is 0.337 e.